The van der Waals surface area contributed by atoms with Crippen molar-refractivity contribution in [3.8, 4) is 5.75 Å². The van der Waals surface area contributed by atoms with Crippen LogP contribution in [0, 0.1) is 0 Å². The molecule has 1 aromatic carbocycles. The fraction of sp³-hybridized carbons (Fsp3) is 0.562. The lowest BCUT2D eigenvalue weighted by molar-refractivity contribution is -0.122. The largest absolute Gasteiger partial charge is 0.508 e. The molecular formula is C16H23NO3. The number of hydrogen-bond acceptors (Lipinski definition) is 3. The van der Waals surface area contributed by atoms with Crippen molar-refractivity contribution >= 4 is 5.91 Å². The Morgan fingerprint density at radius 1 is 1.20 bits per heavy atom. The first-order valence-electron chi connectivity index (χ1n) is 7.41. The van der Waals surface area contributed by atoms with Crippen molar-refractivity contribution in [2.45, 2.75) is 57.1 Å². The number of hydrogen-bond donors (Lipinski definition) is 3. The first kappa shape index (κ1) is 14.9. The molecule has 1 aliphatic carbocycles. The molecule has 0 radical (unpaired) electrons. The van der Waals surface area contributed by atoms with Gasteiger partial charge in [0.2, 0.25) is 5.91 Å². The quantitative estimate of drug-likeness (QED) is 0.738. The lowest BCUT2D eigenvalue weighted by Crippen LogP contribution is -2.42. The first-order chi connectivity index (χ1) is 9.66. The zero-order valence-electron chi connectivity index (χ0n) is 11.7. The fourth-order valence-electron chi connectivity index (χ4n) is 2.71. The van der Waals surface area contributed by atoms with Crippen LogP contribution in [-0.4, -0.2) is 28.3 Å². The molecule has 0 bridgehead atoms. The van der Waals surface area contributed by atoms with E-state index in [1.54, 1.807) is 12.1 Å². The minimum atomic E-state index is -0.424. The van der Waals surface area contributed by atoms with E-state index in [0.717, 1.165) is 37.7 Å². The van der Waals surface area contributed by atoms with Gasteiger partial charge in [-0.15, -0.1) is 0 Å². The number of phenolic OH excluding ortho intramolecular Hbond substituents is 1. The summed E-state index contributed by atoms with van der Waals surface area (Å²) in [7, 11) is 0. The monoisotopic (exact) mass is 277 g/mol. The third-order valence-corrected chi connectivity index (χ3v) is 3.94. The number of rotatable bonds is 4. The minimum absolute atomic E-state index is 0.0563. The van der Waals surface area contributed by atoms with Gasteiger partial charge < -0.3 is 15.5 Å². The number of benzene rings is 1. The molecule has 0 saturated heterocycles. The van der Waals surface area contributed by atoms with E-state index in [1.807, 2.05) is 12.1 Å². The number of nitrogens with one attached hydrogen (secondary N) is 1. The first-order valence-corrected chi connectivity index (χ1v) is 7.41. The Bertz CT molecular complexity index is 447. The van der Waals surface area contributed by atoms with E-state index in [4.69, 9.17) is 0 Å². The maximum Gasteiger partial charge on any atom is 0.220 e. The summed E-state index contributed by atoms with van der Waals surface area (Å²) in [5.41, 5.74) is 0.782. The summed E-state index contributed by atoms with van der Waals surface area (Å²) in [4.78, 5) is 11.9. The SMILES string of the molecule is O=C(CCc1ccccc1O)NC1CCCCCC1O. The summed E-state index contributed by atoms with van der Waals surface area (Å²) in [6.07, 6.45) is 5.26. The Hall–Kier alpha value is -1.55. The highest BCUT2D eigenvalue weighted by molar-refractivity contribution is 5.76. The predicted molar refractivity (Wildman–Crippen MR) is 77.5 cm³/mol. The number of aliphatic hydroxyl groups is 1. The molecule has 2 rings (SSSR count). The summed E-state index contributed by atoms with van der Waals surface area (Å²) in [6.45, 7) is 0. The normalized spacial score (nSPS) is 23.1. The van der Waals surface area contributed by atoms with Gasteiger partial charge in [-0.05, 0) is 30.9 Å². The molecule has 0 spiro atoms. The Kier molecular flexibility index (Phi) is 5.41. The smallest absolute Gasteiger partial charge is 0.220 e. The Morgan fingerprint density at radius 2 is 1.95 bits per heavy atom. The molecule has 3 N–H and O–H groups in total. The number of para-hydroxylation sites is 1. The molecule has 1 fully saturated rings. The van der Waals surface area contributed by atoms with Crippen molar-refractivity contribution < 1.29 is 15.0 Å². The fourth-order valence-corrected chi connectivity index (χ4v) is 2.71. The van der Waals surface area contributed by atoms with Crippen molar-refractivity contribution in [3.05, 3.63) is 29.8 Å². The Morgan fingerprint density at radius 3 is 2.75 bits per heavy atom. The topological polar surface area (TPSA) is 69.6 Å². The number of aromatic hydroxyl groups is 1. The molecule has 1 saturated carbocycles. The van der Waals surface area contributed by atoms with E-state index >= 15 is 0 Å². The summed E-state index contributed by atoms with van der Waals surface area (Å²) < 4.78 is 0. The molecule has 0 heterocycles. The van der Waals surface area contributed by atoms with E-state index in [-0.39, 0.29) is 17.7 Å². The van der Waals surface area contributed by atoms with Crippen LogP contribution >= 0.6 is 0 Å². The summed E-state index contributed by atoms with van der Waals surface area (Å²) >= 11 is 0. The van der Waals surface area contributed by atoms with Crippen molar-refractivity contribution in [2.24, 2.45) is 0 Å². The zero-order chi connectivity index (χ0) is 14.4. The Balaban J connectivity index is 1.81. The van der Waals surface area contributed by atoms with Crippen molar-refractivity contribution in [3.63, 3.8) is 0 Å². The molecule has 4 heteroatoms. The maximum absolute atomic E-state index is 11.9. The van der Waals surface area contributed by atoms with Crippen LogP contribution in [0.5, 0.6) is 5.75 Å². The van der Waals surface area contributed by atoms with E-state index in [9.17, 15) is 15.0 Å². The van der Waals surface area contributed by atoms with Gasteiger partial charge in [-0.2, -0.15) is 0 Å². The van der Waals surface area contributed by atoms with Crippen molar-refractivity contribution in [1.29, 1.82) is 0 Å². The highest BCUT2D eigenvalue weighted by Crippen LogP contribution is 2.19. The maximum atomic E-state index is 11.9. The number of carbonyl (C=O) groups is 1. The number of aryl methyl sites for hydroxylation is 1. The number of carbonyl (C=O) groups excluding carboxylic acids is 1. The molecule has 2 atom stereocenters. The average Bonchev–Trinajstić information content (AvgIpc) is 2.63. The molecule has 0 aliphatic heterocycles. The van der Waals surface area contributed by atoms with Gasteiger partial charge in [0, 0.05) is 6.42 Å². The third-order valence-electron chi connectivity index (χ3n) is 3.94. The summed E-state index contributed by atoms with van der Waals surface area (Å²) in [6, 6.07) is 6.95. The number of amides is 1. The van der Waals surface area contributed by atoms with Gasteiger partial charge in [0.1, 0.15) is 5.75 Å². The molecule has 2 unspecified atom stereocenters. The second-order valence-electron chi connectivity index (χ2n) is 5.51. The van der Waals surface area contributed by atoms with Crippen molar-refractivity contribution in [1.82, 2.24) is 5.32 Å². The van der Waals surface area contributed by atoms with Gasteiger partial charge in [0.05, 0.1) is 12.1 Å². The predicted octanol–water partition coefficient (Wildman–Crippen LogP) is 2.13. The van der Waals surface area contributed by atoms with E-state index in [0.29, 0.717) is 12.8 Å². The van der Waals surface area contributed by atoms with Crippen LogP contribution in [0.3, 0.4) is 0 Å². The molecule has 110 valence electrons. The molecular weight excluding hydrogens is 254 g/mol. The van der Waals surface area contributed by atoms with Crippen LogP contribution in [0.25, 0.3) is 0 Å². The van der Waals surface area contributed by atoms with Crippen LogP contribution in [0.15, 0.2) is 24.3 Å². The highest BCUT2D eigenvalue weighted by Gasteiger charge is 2.22. The van der Waals surface area contributed by atoms with Crippen LogP contribution in [0.4, 0.5) is 0 Å². The lowest BCUT2D eigenvalue weighted by Gasteiger charge is -2.21. The van der Waals surface area contributed by atoms with E-state index in [1.165, 1.54) is 0 Å². The molecule has 1 amide bonds. The lowest BCUT2D eigenvalue weighted by atomic mass is 10.0. The van der Waals surface area contributed by atoms with Gasteiger partial charge in [0.25, 0.3) is 0 Å². The van der Waals surface area contributed by atoms with Crippen LogP contribution < -0.4 is 5.32 Å². The van der Waals surface area contributed by atoms with Crippen molar-refractivity contribution in [2.75, 3.05) is 0 Å². The van der Waals surface area contributed by atoms with Crippen LogP contribution in [0.1, 0.15) is 44.1 Å². The van der Waals surface area contributed by atoms with Gasteiger partial charge in [0.15, 0.2) is 0 Å². The van der Waals surface area contributed by atoms with Crippen LogP contribution in [0.2, 0.25) is 0 Å². The molecule has 1 aliphatic rings. The summed E-state index contributed by atoms with van der Waals surface area (Å²) in [5, 5.41) is 22.6. The standard InChI is InChI=1S/C16H23NO3/c18-14-8-5-4-6-12(14)10-11-16(20)17-13-7-2-1-3-9-15(13)19/h4-6,8,13,15,18-19H,1-3,7,9-11H2,(H,17,20). The average molecular weight is 277 g/mol. The molecule has 1 aromatic rings. The number of aliphatic hydroxyl groups excluding tert-OH is 1. The molecule has 4 nitrogen and oxygen atoms in total. The van der Waals surface area contributed by atoms with Crippen LogP contribution in [-0.2, 0) is 11.2 Å². The molecule has 20 heavy (non-hydrogen) atoms. The second-order valence-corrected chi connectivity index (χ2v) is 5.51. The van der Waals surface area contributed by atoms with E-state index < -0.39 is 6.10 Å². The number of phenols is 1. The third kappa shape index (κ3) is 4.23. The Labute approximate surface area is 119 Å². The van der Waals surface area contributed by atoms with Gasteiger partial charge in [-0.25, -0.2) is 0 Å². The summed E-state index contributed by atoms with van der Waals surface area (Å²) in [5.74, 6) is 0.175. The van der Waals surface area contributed by atoms with Gasteiger partial charge >= 0.3 is 0 Å². The van der Waals surface area contributed by atoms with Gasteiger partial charge in [-0.1, -0.05) is 37.5 Å². The minimum Gasteiger partial charge on any atom is -0.508 e. The van der Waals surface area contributed by atoms with Gasteiger partial charge in [-0.3, -0.25) is 4.79 Å². The second kappa shape index (κ2) is 7.29. The molecule has 0 aromatic heterocycles. The zero-order valence-corrected chi connectivity index (χ0v) is 11.7. The van der Waals surface area contributed by atoms with E-state index in [2.05, 4.69) is 5.32 Å². The highest BCUT2D eigenvalue weighted by atomic mass is 16.3.